The number of rotatable bonds is 4. The van der Waals surface area contributed by atoms with E-state index in [0.29, 0.717) is 5.92 Å². The first-order valence-electron chi connectivity index (χ1n) is 6.06. The molecule has 1 aromatic rings. The van der Waals surface area contributed by atoms with Gasteiger partial charge in [0.15, 0.2) is 11.6 Å². The average molecular weight is 238 g/mol. The van der Waals surface area contributed by atoms with Gasteiger partial charge in [-0.15, -0.1) is 0 Å². The summed E-state index contributed by atoms with van der Waals surface area (Å²) in [6.07, 6.45) is 4.79. The number of nitrogens with one attached hydrogen (secondary N) is 1. The summed E-state index contributed by atoms with van der Waals surface area (Å²) in [6, 6.07) is 5.09. The second-order valence-corrected chi connectivity index (χ2v) is 4.58. The van der Waals surface area contributed by atoms with Crippen LogP contribution in [0.3, 0.4) is 0 Å². The molecule has 0 spiro atoms. The first kappa shape index (κ1) is 12.3. The highest BCUT2D eigenvalue weighted by atomic mass is 19.1. The van der Waals surface area contributed by atoms with E-state index >= 15 is 0 Å². The van der Waals surface area contributed by atoms with Crippen molar-refractivity contribution in [2.45, 2.75) is 31.7 Å². The van der Waals surface area contributed by atoms with Crippen molar-refractivity contribution in [1.29, 1.82) is 0 Å². The minimum atomic E-state index is -0.330. The van der Waals surface area contributed by atoms with Crippen molar-refractivity contribution in [1.82, 2.24) is 5.43 Å². The molecule has 0 radical (unpaired) electrons. The smallest absolute Gasteiger partial charge is 0.165 e. The van der Waals surface area contributed by atoms with Gasteiger partial charge in [-0.25, -0.2) is 4.39 Å². The lowest BCUT2D eigenvalue weighted by atomic mass is 9.92. The Morgan fingerprint density at radius 2 is 2.12 bits per heavy atom. The third-order valence-corrected chi connectivity index (χ3v) is 3.59. The van der Waals surface area contributed by atoms with Crippen LogP contribution in [-0.4, -0.2) is 7.11 Å². The Labute approximate surface area is 101 Å². The quantitative estimate of drug-likeness (QED) is 0.626. The zero-order valence-corrected chi connectivity index (χ0v) is 10.1. The van der Waals surface area contributed by atoms with Crippen LogP contribution in [0, 0.1) is 11.7 Å². The van der Waals surface area contributed by atoms with Gasteiger partial charge in [0.25, 0.3) is 0 Å². The van der Waals surface area contributed by atoms with Crippen molar-refractivity contribution in [2.75, 3.05) is 7.11 Å². The highest BCUT2D eigenvalue weighted by Crippen LogP contribution is 2.36. The van der Waals surface area contributed by atoms with Gasteiger partial charge in [-0.2, -0.15) is 0 Å². The zero-order chi connectivity index (χ0) is 12.3. The van der Waals surface area contributed by atoms with E-state index in [1.54, 1.807) is 6.07 Å². The SMILES string of the molecule is COc1ccc(C(NN)C2CCCC2)cc1F. The summed E-state index contributed by atoms with van der Waals surface area (Å²) in [5, 5.41) is 0. The van der Waals surface area contributed by atoms with Crippen molar-refractivity contribution in [2.24, 2.45) is 11.8 Å². The molecular formula is C13H19FN2O. The number of hydrogen-bond donors (Lipinski definition) is 2. The minimum Gasteiger partial charge on any atom is -0.494 e. The number of ether oxygens (including phenoxy) is 1. The highest BCUT2D eigenvalue weighted by molar-refractivity contribution is 5.31. The Kier molecular flexibility index (Phi) is 3.97. The summed E-state index contributed by atoms with van der Waals surface area (Å²) in [6.45, 7) is 0. The van der Waals surface area contributed by atoms with Gasteiger partial charge in [0.1, 0.15) is 0 Å². The molecule has 3 N–H and O–H groups in total. The number of halogens is 1. The maximum absolute atomic E-state index is 13.6. The Balaban J connectivity index is 2.21. The molecule has 94 valence electrons. The van der Waals surface area contributed by atoms with Crippen molar-refractivity contribution in [3.05, 3.63) is 29.6 Å². The van der Waals surface area contributed by atoms with Gasteiger partial charge in [0, 0.05) is 6.04 Å². The lowest BCUT2D eigenvalue weighted by molar-refractivity contribution is 0.366. The molecule has 4 heteroatoms. The van der Waals surface area contributed by atoms with Crippen molar-refractivity contribution < 1.29 is 9.13 Å². The summed E-state index contributed by atoms with van der Waals surface area (Å²) >= 11 is 0. The van der Waals surface area contributed by atoms with Crippen LogP contribution in [0.5, 0.6) is 5.75 Å². The molecule has 3 nitrogen and oxygen atoms in total. The monoisotopic (exact) mass is 238 g/mol. The summed E-state index contributed by atoms with van der Waals surface area (Å²) in [7, 11) is 1.47. The molecule has 1 atom stereocenters. The maximum Gasteiger partial charge on any atom is 0.165 e. The molecule has 1 aromatic carbocycles. The minimum absolute atomic E-state index is 0.0397. The van der Waals surface area contributed by atoms with Crippen LogP contribution in [0.1, 0.15) is 37.3 Å². The molecule has 1 fully saturated rings. The molecule has 1 saturated carbocycles. The molecule has 0 amide bonds. The third kappa shape index (κ3) is 2.58. The van der Waals surface area contributed by atoms with Crippen molar-refractivity contribution >= 4 is 0 Å². The van der Waals surface area contributed by atoms with E-state index in [1.807, 2.05) is 6.07 Å². The van der Waals surface area contributed by atoms with Crippen LogP contribution < -0.4 is 16.0 Å². The fourth-order valence-electron chi connectivity index (χ4n) is 2.67. The predicted octanol–water partition coefficient (Wildman–Crippen LogP) is 2.53. The van der Waals surface area contributed by atoms with E-state index in [1.165, 1.54) is 26.0 Å². The van der Waals surface area contributed by atoms with E-state index in [2.05, 4.69) is 5.43 Å². The fourth-order valence-corrected chi connectivity index (χ4v) is 2.67. The second kappa shape index (κ2) is 5.47. The third-order valence-electron chi connectivity index (χ3n) is 3.59. The number of benzene rings is 1. The number of hydrogen-bond acceptors (Lipinski definition) is 3. The van der Waals surface area contributed by atoms with Gasteiger partial charge in [0.05, 0.1) is 7.11 Å². The van der Waals surface area contributed by atoms with E-state index in [9.17, 15) is 4.39 Å². The van der Waals surface area contributed by atoms with E-state index in [0.717, 1.165) is 18.4 Å². The normalized spacial score (nSPS) is 18.3. The van der Waals surface area contributed by atoms with Gasteiger partial charge < -0.3 is 4.74 Å². The lowest BCUT2D eigenvalue weighted by Gasteiger charge is -2.23. The van der Waals surface area contributed by atoms with E-state index in [-0.39, 0.29) is 17.6 Å². The predicted molar refractivity (Wildman–Crippen MR) is 65.0 cm³/mol. The van der Waals surface area contributed by atoms with Crippen molar-refractivity contribution in [3.8, 4) is 5.75 Å². The first-order chi connectivity index (χ1) is 8.26. The van der Waals surface area contributed by atoms with Crippen LogP contribution >= 0.6 is 0 Å². The first-order valence-corrected chi connectivity index (χ1v) is 6.06. The molecule has 0 saturated heterocycles. The molecule has 0 aromatic heterocycles. The molecule has 17 heavy (non-hydrogen) atoms. The van der Waals surface area contributed by atoms with Crippen LogP contribution in [0.25, 0.3) is 0 Å². The van der Waals surface area contributed by atoms with Crippen LogP contribution in [0.2, 0.25) is 0 Å². The van der Waals surface area contributed by atoms with E-state index < -0.39 is 0 Å². The topological polar surface area (TPSA) is 47.3 Å². The highest BCUT2D eigenvalue weighted by Gasteiger charge is 2.26. The maximum atomic E-state index is 13.6. The zero-order valence-electron chi connectivity index (χ0n) is 10.1. The summed E-state index contributed by atoms with van der Waals surface area (Å²) in [5.41, 5.74) is 3.72. The molecule has 1 aliphatic rings. The summed E-state index contributed by atoms with van der Waals surface area (Å²) < 4.78 is 18.6. The Morgan fingerprint density at radius 1 is 1.41 bits per heavy atom. The second-order valence-electron chi connectivity index (χ2n) is 4.58. The van der Waals surface area contributed by atoms with Crippen LogP contribution in [-0.2, 0) is 0 Å². The van der Waals surface area contributed by atoms with Crippen LogP contribution in [0.4, 0.5) is 4.39 Å². The molecule has 2 rings (SSSR count). The van der Waals surface area contributed by atoms with Crippen LogP contribution in [0.15, 0.2) is 18.2 Å². The summed E-state index contributed by atoms with van der Waals surface area (Å²) in [5.74, 6) is 6.05. The van der Waals surface area contributed by atoms with Gasteiger partial charge in [-0.3, -0.25) is 11.3 Å². The molecule has 0 heterocycles. The molecular weight excluding hydrogens is 219 g/mol. The number of methoxy groups -OCH3 is 1. The van der Waals surface area contributed by atoms with Gasteiger partial charge in [-0.05, 0) is 36.5 Å². The molecule has 1 aliphatic carbocycles. The fraction of sp³-hybridized carbons (Fsp3) is 0.538. The van der Waals surface area contributed by atoms with E-state index in [4.69, 9.17) is 10.6 Å². The Bertz CT molecular complexity index is 378. The van der Waals surface area contributed by atoms with Gasteiger partial charge in [-0.1, -0.05) is 18.9 Å². The number of nitrogens with two attached hydrogens (primary N) is 1. The summed E-state index contributed by atoms with van der Waals surface area (Å²) in [4.78, 5) is 0. The largest absolute Gasteiger partial charge is 0.494 e. The van der Waals surface area contributed by atoms with Gasteiger partial charge >= 0.3 is 0 Å². The molecule has 0 aliphatic heterocycles. The standard InChI is InChI=1S/C13H19FN2O/c1-17-12-7-6-10(8-11(12)14)13(16-15)9-4-2-3-5-9/h6-9,13,16H,2-5,15H2,1H3. The Morgan fingerprint density at radius 3 is 2.65 bits per heavy atom. The number of hydrazine groups is 1. The average Bonchev–Trinajstić information content (AvgIpc) is 2.84. The Hall–Kier alpha value is -1.13. The lowest BCUT2D eigenvalue weighted by Crippen LogP contribution is -2.32. The molecule has 1 unspecified atom stereocenters. The van der Waals surface area contributed by atoms with Crippen molar-refractivity contribution in [3.63, 3.8) is 0 Å². The molecule has 0 bridgehead atoms. The van der Waals surface area contributed by atoms with Gasteiger partial charge in [0.2, 0.25) is 0 Å².